The van der Waals surface area contributed by atoms with E-state index >= 15 is 0 Å². The zero-order valence-electron chi connectivity index (χ0n) is 33.4. The van der Waals surface area contributed by atoms with Crippen LogP contribution in [0.25, 0.3) is 0 Å². The number of phenolic OH excluding ortho intramolecular Hbond substituents is 2. The highest BCUT2D eigenvalue weighted by molar-refractivity contribution is 6.26. The number of aliphatic hydroxyl groups is 2. The number of para-hydroxylation sites is 2. The molecular weight excluding hydrogens is 797 g/mol. The van der Waals surface area contributed by atoms with Gasteiger partial charge in [0, 0.05) is 34.6 Å². The molecule has 0 spiro atoms. The molecule has 0 aromatic heterocycles. The fraction of sp³-hybridized carbons (Fsp3) is 0.170. The van der Waals surface area contributed by atoms with Crippen LogP contribution in [0.15, 0.2) is 133 Å². The Hall–Kier alpha value is -7.75. The number of rotatable bonds is 6. The first-order chi connectivity index (χ1) is 29.5. The van der Waals surface area contributed by atoms with E-state index in [4.69, 9.17) is 0 Å². The Balaban J connectivity index is 1.41. The first-order valence-corrected chi connectivity index (χ1v) is 19.4. The maximum atomic E-state index is 14.8. The molecule has 15 heteroatoms. The number of nitrogens with one attached hydrogen (secondary N) is 4. The van der Waals surface area contributed by atoms with Gasteiger partial charge in [0.1, 0.15) is 11.5 Å². The largest absolute Gasteiger partial charge is 0.508 e. The highest BCUT2D eigenvalue weighted by Crippen LogP contribution is 2.51. The molecule has 7 rings (SSSR count). The van der Waals surface area contributed by atoms with Gasteiger partial charge in [-0.15, -0.1) is 0 Å². The number of carboxylic acids is 2. The predicted octanol–water partition coefficient (Wildman–Crippen LogP) is 6.70. The maximum absolute atomic E-state index is 14.8. The van der Waals surface area contributed by atoms with Crippen molar-refractivity contribution in [3.8, 4) is 11.5 Å². The summed E-state index contributed by atoms with van der Waals surface area (Å²) in [6.07, 6.45) is 5.10. The number of carbonyl (C=O) groups excluding carboxylic acids is 3. The average Bonchev–Trinajstić information content (AvgIpc) is 3.67. The minimum atomic E-state index is -2.36. The molecule has 316 valence electrons. The van der Waals surface area contributed by atoms with Crippen LogP contribution in [0.2, 0.25) is 0 Å². The van der Waals surface area contributed by atoms with Crippen LogP contribution in [0.4, 0.5) is 22.7 Å². The van der Waals surface area contributed by atoms with Crippen molar-refractivity contribution >= 4 is 52.2 Å². The highest BCUT2D eigenvalue weighted by Gasteiger charge is 2.55. The molecular formula is C47H42N4O11. The van der Waals surface area contributed by atoms with Crippen LogP contribution < -0.4 is 21.3 Å². The molecule has 4 aromatic rings. The number of aromatic hydroxyl groups is 2. The lowest BCUT2D eigenvalue weighted by Gasteiger charge is -2.33. The summed E-state index contributed by atoms with van der Waals surface area (Å²) in [5.74, 6) is -5.64. The monoisotopic (exact) mass is 838 g/mol. The number of carbonyl (C=O) groups is 5. The first-order valence-electron chi connectivity index (χ1n) is 19.4. The molecule has 0 fully saturated rings. The van der Waals surface area contributed by atoms with E-state index in [1.807, 2.05) is 0 Å². The van der Waals surface area contributed by atoms with E-state index in [-0.39, 0.29) is 86.2 Å². The van der Waals surface area contributed by atoms with Gasteiger partial charge in [-0.2, -0.15) is 0 Å². The number of benzene rings is 4. The molecule has 4 atom stereocenters. The molecule has 1 aliphatic carbocycles. The van der Waals surface area contributed by atoms with Gasteiger partial charge in [-0.25, -0.2) is 9.59 Å². The van der Waals surface area contributed by atoms with Crippen molar-refractivity contribution in [2.45, 2.75) is 50.0 Å². The van der Waals surface area contributed by atoms with E-state index < -0.39 is 52.7 Å². The summed E-state index contributed by atoms with van der Waals surface area (Å²) in [4.78, 5) is 68.3. The van der Waals surface area contributed by atoms with E-state index in [1.54, 1.807) is 32.1 Å². The van der Waals surface area contributed by atoms with Crippen molar-refractivity contribution in [2.24, 2.45) is 0 Å². The normalized spacial score (nSPS) is 25.1. The summed E-state index contributed by atoms with van der Waals surface area (Å²) in [5.41, 5.74) is -3.42. The number of carboxylic acid groups (broad SMARTS) is 2. The summed E-state index contributed by atoms with van der Waals surface area (Å²) in [7, 11) is 0. The summed E-state index contributed by atoms with van der Waals surface area (Å²) >= 11 is 0. The molecule has 15 nitrogen and oxygen atoms in total. The summed E-state index contributed by atoms with van der Waals surface area (Å²) in [6.45, 7) is 7.39. The van der Waals surface area contributed by atoms with Crippen LogP contribution in [-0.4, -0.2) is 60.1 Å². The fourth-order valence-corrected chi connectivity index (χ4v) is 8.09. The third-order valence-electron chi connectivity index (χ3n) is 11.1. The van der Waals surface area contributed by atoms with E-state index in [2.05, 4.69) is 27.8 Å². The average molecular weight is 839 g/mol. The first kappa shape index (κ1) is 42.4. The number of hydrogen-bond acceptors (Lipinski definition) is 12. The van der Waals surface area contributed by atoms with Crippen molar-refractivity contribution in [1.82, 2.24) is 0 Å². The molecule has 2 heterocycles. The molecule has 0 unspecified atom stereocenters. The zero-order chi connectivity index (χ0) is 44.7. The minimum absolute atomic E-state index is 0.0104. The fourth-order valence-electron chi connectivity index (χ4n) is 8.09. The Kier molecular flexibility index (Phi) is 11.2. The number of ketones is 2. The predicted molar refractivity (Wildman–Crippen MR) is 230 cm³/mol. The Morgan fingerprint density at radius 3 is 1.55 bits per heavy atom. The van der Waals surface area contributed by atoms with Crippen LogP contribution in [0.5, 0.6) is 11.5 Å². The lowest BCUT2D eigenvalue weighted by Crippen LogP contribution is -2.49. The summed E-state index contributed by atoms with van der Waals surface area (Å²) in [5, 5.41) is 77.1. The SMILES string of the molecule is C=C1Nc2cc(O)cc3c2[C@@]1(Nc1ccccc1C(=O)O)C(=O)/C=C\C(C)=C\C[C@H](O)c1cc(O)cc2c1[C@](Nc1ccccc1C(=O)O)(C(=O)/C=C/C(C)=C\C[C@@H]3O)C(=O)N2. The molecule has 3 aliphatic rings. The third kappa shape index (κ3) is 7.39. The Labute approximate surface area is 354 Å². The van der Waals surface area contributed by atoms with E-state index in [0.29, 0.717) is 11.1 Å². The number of anilines is 4. The van der Waals surface area contributed by atoms with E-state index in [1.165, 1.54) is 85.0 Å². The zero-order valence-corrected chi connectivity index (χ0v) is 33.4. The second-order valence-corrected chi connectivity index (χ2v) is 15.2. The summed E-state index contributed by atoms with van der Waals surface area (Å²) in [6, 6.07) is 16.7. The van der Waals surface area contributed by atoms with Gasteiger partial charge in [-0.3, -0.25) is 14.4 Å². The van der Waals surface area contributed by atoms with Crippen molar-refractivity contribution in [1.29, 1.82) is 0 Å². The van der Waals surface area contributed by atoms with Gasteiger partial charge in [-0.1, -0.05) is 66.3 Å². The summed E-state index contributed by atoms with van der Waals surface area (Å²) < 4.78 is 0. The smallest absolute Gasteiger partial charge is 0.337 e. The molecule has 10 N–H and O–H groups in total. The van der Waals surface area contributed by atoms with Crippen LogP contribution in [0.3, 0.4) is 0 Å². The van der Waals surface area contributed by atoms with Crippen molar-refractivity contribution < 1.29 is 54.6 Å². The Morgan fingerprint density at radius 1 is 0.645 bits per heavy atom. The molecule has 0 bridgehead atoms. The Bertz CT molecular complexity index is 2550. The Morgan fingerprint density at radius 2 is 1.06 bits per heavy atom. The third-order valence-corrected chi connectivity index (χ3v) is 11.1. The maximum Gasteiger partial charge on any atom is 0.337 e. The number of hydrogen-bond donors (Lipinski definition) is 10. The lowest BCUT2D eigenvalue weighted by molar-refractivity contribution is -0.129. The number of aliphatic hydroxyl groups excluding tert-OH is 2. The standard InChI is InChI=1S/C47H42N4O11/c1-24-13-17-38(55)32-21-28(53)23-36-42(32)47(45(62)49-36,51-34-11-7-5-9-30(34)44(60)61)40(57)19-15-25(2)12-16-37(54)31-20-27(52)22-35-41(31)46(26(3)48-35,39(56)18-14-24)50-33-10-6-4-8-29(33)43(58)59/h4-15,18-23,37-38,48,50-55H,3,16-17H2,1-2H3,(H,49,62)(H,58,59)(H,60,61)/b18-14-,19-15+,24-13+,25-12-/t37-,38-,46-,47+/m0/s1. The van der Waals surface area contributed by atoms with Crippen LogP contribution in [-0.2, 0) is 25.5 Å². The van der Waals surface area contributed by atoms with Gasteiger partial charge in [-0.05, 0) is 86.4 Å². The second-order valence-electron chi connectivity index (χ2n) is 15.2. The quantitative estimate of drug-likeness (QED) is 0.0907. The topological polar surface area (TPSA) is 255 Å². The van der Waals surface area contributed by atoms with Crippen molar-refractivity contribution in [2.75, 3.05) is 21.3 Å². The van der Waals surface area contributed by atoms with Gasteiger partial charge < -0.3 is 51.9 Å². The molecule has 4 aromatic carbocycles. The van der Waals surface area contributed by atoms with E-state index in [9.17, 15) is 54.6 Å². The molecule has 0 saturated heterocycles. The molecule has 0 radical (unpaired) electrons. The highest BCUT2D eigenvalue weighted by atomic mass is 16.4. The number of aromatic carboxylic acids is 2. The number of phenols is 2. The van der Waals surface area contributed by atoms with E-state index in [0.717, 1.165) is 6.08 Å². The lowest BCUT2D eigenvalue weighted by atomic mass is 9.79. The molecule has 62 heavy (non-hydrogen) atoms. The molecule has 2 aliphatic heterocycles. The molecule has 0 saturated carbocycles. The van der Waals surface area contributed by atoms with Gasteiger partial charge >= 0.3 is 11.9 Å². The van der Waals surface area contributed by atoms with Crippen LogP contribution in [0, 0.1) is 0 Å². The molecule has 1 amide bonds. The number of allylic oxidation sites excluding steroid dienone is 4. The minimum Gasteiger partial charge on any atom is -0.508 e. The van der Waals surface area contributed by atoms with Crippen molar-refractivity contribution in [3.05, 3.63) is 166 Å². The van der Waals surface area contributed by atoms with Gasteiger partial charge in [0.15, 0.2) is 17.1 Å². The van der Waals surface area contributed by atoms with Crippen LogP contribution in [0.1, 0.15) is 81.9 Å². The van der Waals surface area contributed by atoms with Gasteiger partial charge in [0.05, 0.1) is 40.4 Å². The van der Waals surface area contributed by atoms with Crippen LogP contribution >= 0.6 is 0 Å². The van der Waals surface area contributed by atoms with Gasteiger partial charge in [0.25, 0.3) is 5.91 Å². The number of amides is 1. The van der Waals surface area contributed by atoms with Crippen molar-refractivity contribution in [3.63, 3.8) is 0 Å². The second kappa shape index (κ2) is 16.4. The van der Waals surface area contributed by atoms with Gasteiger partial charge in [0.2, 0.25) is 5.54 Å².